The molecule has 15 heteroatoms. The van der Waals surface area contributed by atoms with Gasteiger partial charge in [0.05, 0.1) is 31.0 Å². The number of unbranched alkanes of at least 4 members (excludes halogenated alkanes) is 2. The maximum Gasteiger partial charge on any atom is 0.234 e. The van der Waals surface area contributed by atoms with E-state index in [9.17, 15) is 25.5 Å². The van der Waals surface area contributed by atoms with Crippen molar-refractivity contribution in [1.29, 1.82) is 0 Å². The Hall–Kier alpha value is -1.95. The van der Waals surface area contributed by atoms with E-state index in [1.807, 2.05) is 75.3 Å². The molecule has 0 spiro atoms. The van der Waals surface area contributed by atoms with Gasteiger partial charge in [0.25, 0.3) is 0 Å². The average Bonchev–Trinajstić information content (AvgIpc) is 2.96. The lowest BCUT2D eigenvalue weighted by Gasteiger charge is -2.59. The Labute approximate surface area is 325 Å². The van der Waals surface area contributed by atoms with Gasteiger partial charge in [0.1, 0.15) is 11.4 Å². The standard InChI is InChI=1S/C39H76N8O7/c1-15-17-20-44(38(51)23-32(3,4)46(33(5,6)24-38)53-27-36(11,12)49)30-41-29(40-19-22-48)42-31(43-30)45(21-18-16-2)39(52)25-34(7,8)47(35(9,10)26-39)54-28-37(13,14)50/h48-52H,15-28H2,1-14H3,(H,40,41,42,43). The van der Waals surface area contributed by atoms with Gasteiger partial charge in [-0.15, -0.1) is 0 Å². The quantitative estimate of drug-likeness (QED) is 0.108. The van der Waals surface area contributed by atoms with Crippen LogP contribution >= 0.6 is 0 Å². The molecule has 3 heterocycles. The summed E-state index contributed by atoms with van der Waals surface area (Å²) in [5, 5.41) is 63.4. The van der Waals surface area contributed by atoms with Crippen molar-refractivity contribution < 1.29 is 35.2 Å². The lowest BCUT2D eigenvalue weighted by Crippen LogP contribution is -2.70. The zero-order valence-corrected chi connectivity index (χ0v) is 36.1. The van der Waals surface area contributed by atoms with Gasteiger partial charge < -0.3 is 40.6 Å². The molecule has 3 rings (SSSR count). The Morgan fingerprint density at radius 3 is 1.26 bits per heavy atom. The van der Waals surface area contributed by atoms with Crippen molar-refractivity contribution in [3.05, 3.63) is 0 Å². The molecule has 0 aromatic carbocycles. The van der Waals surface area contributed by atoms with E-state index in [0.717, 1.165) is 25.7 Å². The summed E-state index contributed by atoms with van der Waals surface area (Å²) >= 11 is 0. The number of nitrogens with zero attached hydrogens (tertiary/aromatic N) is 7. The second kappa shape index (κ2) is 16.9. The monoisotopic (exact) mass is 769 g/mol. The Morgan fingerprint density at radius 1 is 0.648 bits per heavy atom. The average molecular weight is 769 g/mol. The second-order valence-electron chi connectivity index (χ2n) is 19.6. The van der Waals surface area contributed by atoms with Crippen LogP contribution in [0.2, 0.25) is 0 Å². The number of hydrogen-bond acceptors (Lipinski definition) is 15. The van der Waals surface area contributed by atoms with Crippen molar-refractivity contribution in [2.75, 3.05) is 54.6 Å². The highest BCUT2D eigenvalue weighted by Gasteiger charge is 2.58. The van der Waals surface area contributed by atoms with Crippen LogP contribution < -0.4 is 15.1 Å². The molecule has 314 valence electrons. The van der Waals surface area contributed by atoms with E-state index in [1.54, 1.807) is 27.7 Å². The number of hydroxylamine groups is 4. The molecule has 0 aliphatic carbocycles. The Bertz CT molecular complexity index is 1230. The number of piperidine rings is 2. The predicted molar refractivity (Wildman–Crippen MR) is 213 cm³/mol. The molecular weight excluding hydrogens is 692 g/mol. The van der Waals surface area contributed by atoms with Crippen LogP contribution in [-0.4, -0.2) is 135 Å². The SMILES string of the molecule is CCCCN(c1nc(NCCO)nc(N(CCCC)C2(O)CC(C)(C)N(OCC(C)(C)O)C(C)(C)C2)n1)C1(O)CC(C)(C)N(OCC(C)(C)O)C(C)(C)C1. The molecule has 0 amide bonds. The van der Waals surface area contributed by atoms with Crippen LogP contribution in [0.5, 0.6) is 0 Å². The van der Waals surface area contributed by atoms with Crippen LogP contribution in [0.3, 0.4) is 0 Å². The fourth-order valence-electron chi connectivity index (χ4n) is 8.81. The molecule has 2 fully saturated rings. The summed E-state index contributed by atoms with van der Waals surface area (Å²) in [6, 6.07) is 0. The number of aromatic nitrogens is 3. The van der Waals surface area contributed by atoms with Gasteiger partial charge in [-0.25, -0.2) is 0 Å². The first-order valence-corrected chi connectivity index (χ1v) is 20.0. The number of nitrogens with one attached hydrogen (secondary N) is 1. The van der Waals surface area contributed by atoms with Crippen LogP contribution in [-0.2, 0) is 9.68 Å². The molecule has 2 saturated heterocycles. The van der Waals surface area contributed by atoms with E-state index in [0.29, 0.717) is 13.1 Å². The molecule has 0 saturated carbocycles. The van der Waals surface area contributed by atoms with E-state index in [-0.39, 0.29) is 69.9 Å². The number of anilines is 3. The van der Waals surface area contributed by atoms with Crippen molar-refractivity contribution in [1.82, 2.24) is 25.1 Å². The van der Waals surface area contributed by atoms with Crippen molar-refractivity contribution in [3.8, 4) is 0 Å². The van der Waals surface area contributed by atoms with Crippen LogP contribution in [0, 0.1) is 0 Å². The smallest absolute Gasteiger partial charge is 0.234 e. The number of aliphatic hydroxyl groups is 5. The molecule has 2 aliphatic rings. The summed E-state index contributed by atoms with van der Waals surface area (Å²) < 4.78 is 0. The van der Waals surface area contributed by atoms with Crippen LogP contribution in [0.4, 0.5) is 17.8 Å². The highest BCUT2D eigenvalue weighted by molar-refractivity contribution is 5.48. The first-order chi connectivity index (χ1) is 24.5. The third kappa shape index (κ3) is 11.6. The molecule has 0 atom stereocenters. The van der Waals surface area contributed by atoms with Crippen molar-refractivity contribution in [2.45, 2.75) is 193 Å². The molecule has 15 nitrogen and oxygen atoms in total. The molecule has 2 aliphatic heterocycles. The molecule has 1 aromatic heterocycles. The van der Waals surface area contributed by atoms with E-state index >= 15 is 0 Å². The Kier molecular flexibility index (Phi) is 14.5. The minimum Gasteiger partial charge on any atom is -0.395 e. The lowest BCUT2D eigenvalue weighted by molar-refractivity contribution is -0.317. The Balaban J connectivity index is 2.18. The maximum atomic E-state index is 12.9. The summed E-state index contributed by atoms with van der Waals surface area (Å²) in [5.41, 5.74) is -7.57. The third-order valence-electron chi connectivity index (χ3n) is 10.1. The van der Waals surface area contributed by atoms with E-state index < -0.39 is 44.8 Å². The van der Waals surface area contributed by atoms with E-state index in [4.69, 9.17) is 24.6 Å². The molecule has 0 radical (unpaired) electrons. The summed E-state index contributed by atoms with van der Waals surface area (Å²) in [4.78, 5) is 31.1. The highest BCUT2D eigenvalue weighted by atomic mass is 16.7. The van der Waals surface area contributed by atoms with Crippen molar-refractivity contribution in [3.63, 3.8) is 0 Å². The van der Waals surface area contributed by atoms with Gasteiger partial charge in [-0.2, -0.15) is 25.1 Å². The summed E-state index contributed by atoms with van der Waals surface area (Å²) in [6.45, 7) is 28.4. The fraction of sp³-hybridized carbons (Fsp3) is 0.923. The van der Waals surface area contributed by atoms with Crippen molar-refractivity contribution in [2.24, 2.45) is 0 Å². The van der Waals surface area contributed by atoms with Gasteiger partial charge in [-0.3, -0.25) is 9.68 Å². The van der Waals surface area contributed by atoms with Gasteiger partial charge in [0.15, 0.2) is 0 Å². The highest BCUT2D eigenvalue weighted by Crippen LogP contribution is 2.48. The Morgan fingerprint density at radius 2 is 0.981 bits per heavy atom. The molecule has 0 bridgehead atoms. The minimum atomic E-state index is -1.41. The first kappa shape index (κ1) is 46.4. The van der Waals surface area contributed by atoms with Gasteiger partial charge in [-0.1, -0.05) is 26.7 Å². The summed E-state index contributed by atoms with van der Waals surface area (Å²) in [5.74, 6) is 0.764. The first-order valence-electron chi connectivity index (χ1n) is 20.0. The minimum absolute atomic E-state index is 0.0992. The second-order valence-corrected chi connectivity index (χ2v) is 19.6. The van der Waals surface area contributed by atoms with Gasteiger partial charge in [0, 0.05) is 67.5 Å². The predicted octanol–water partition coefficient (Wildman–Crippen LogP) is 4.58. The zero-order chi connectivity index (χ0) is 41.2. The third-order valence-corrected chi connectivity index (χ3v) is 10.1. The molecule has 54 heavy (non-hydrogen) atoms. The fourth-order valence-corrected chi connectivity index (χ4v) is 8.81. The number of aliphatic hydroxyl groups excluding tert-OH is 1. The summed E-state index contributed by atoms with van der Waals surface area (Å²) in [6.07, 6.45) is 4.39. The van der Waals surface area contributed by atoms with Gasteiger partial charge >= 0.3 is 0 Å². The molecular formula is C39H76N8O7. The zero-order valence-electron chi connectivity index (χ0n) is 36.1. The number of rotatable bonds is 19. The topological polar surface area (TPSA) is 183 Å². The van der Waals surface area contributed by atoms with E-state index in [1.165, 1.54) is 0 Å². The molecule has 1 aromatic rings. The van der Waals surface area contributed by atoms with Gasteiger partial charge in [0.2, 0.25) is 17.8 Å². The number of hydrogen-bond donors (Lipinski definition) is 6. The van der Waals surface area contributed by atoms with Crippen LogP contribution in [0.1, 0.15) is 148 Å². The largest absolute Gasteiger partial charge is 0.395 e. The van der Waals surface area contributed by atoms with Crippen LogP contribution in [0.25, 0.3) is 0 Å². The summed E-state index contributed by atoms with van der Waals surface area (Å²) in [7, 11) is 0. The van der Waals surface area contributed by atoms with E-state index in [2.05, 4.69) is 19.2 Å². The van der Waals surface area contributed by atoms with Gasteiger partial charge in [-0.05, 0) is 95.9 Å². The molecule has 6 N–H and O–H groups in total. The normalized spacial score (nSPS) is 22.2. The maximum absolute atomic E-state index is 12.9. The van der Waals surface area contributed by atoms with Crippen LogP contribution in [0.15, 0.2) is 0 Å². The lowest BCUT2D eigenvalue weighted by atomic mass is 9.75. The van der Waals surface area contributed by atoms with Crippen molar-refractivity contribution >= 4 is 17.8 Å². The molecule has 0 unspecified atom stereocenters.